The average Bonchev–Trinajstić information content (AvgIpc) is 2.16. The smallest absolute Gasteiger partial charge is 0.0720 e. The summed E-state index contributed by atoms with van der Waals surface area (Å²) >= 11 is 0. The molecule has 0 spiro atoms. The van der Waals surface area contributed by atoms with Crippen LogP contribution in [0, 0.1) is 12.8 Å². The molecule has 0 heterocycles. The zero-order valence-corrected chi connectivity index (χ0v) is 9.15. The highest BCUT2D eigenvalue weighted by Gasteiger charge is 2.28. The molecule has 0 radical (unpaired) electrons. The number of ether oxygens (including phenoxy) is 1. The van der Waals surface area contributed by atoms with Crippen molar-refractivity contribution in [2.45, 2.75) is 32.5 Å². The first kappa shape index (κ1) is 10.7. The lowest BCUT2D eigenvalue weighted by molar-refractivity contribution is -0.0532. The molecule has 2 rings (SSSR count). The Hall–Kier alpha value is -0.860. The lowest BCUT2D eigenvalue weighted by Crippen LogP contribution is -2.33. The lowest BCUT2D eigenvalue weighted by Gasteiger charge is -2.33. The molecule has 0 aliphatic heterocycles. The Kier molecular flexibility index (Phi) is 3.39. The SMILES string of the molecule is Cc1cccc(COC2CC(CO)C2)c1. The maximum absolute atomic E-state index is 8.87. The Labute approximate surface area is 90.9 Å². The number of hydrogen-bond acceptors (Lipinski definition) is 2. The van der Waals surface area contributed by atoms with Crippen molar-refractivity contribution in [2.24, 2.45) is 5.92 Å². The zero-order valence-electron chi connectivity index (χ0n) is 9.15. The van der Waals surface area contributed by atoms with Gasteiger partial charge in [0.25, 0.3) is 0 Å². The van der Waals surface area contributed by atoms with Gasteiger partial charge in [-0.05, 0) is 31.2 Å². The van der Waals surface area contributed by atoms with Gasteiger partial charge >= 0.3 is 0 Å². The normalized spacial score (nSPS) is 24.9. The highest BCUT2D eigenvalue weighted by Crippen LogP contribution is 2.30. The van der Waals surface area contributed by atoms with Gasteiger partial charge in [-0.1, -0.05) is 29.8 Å². The Bertz CT molecular complexity index is 316. The first-order valence-electron chi connectivity index (χ1n) is 5.56. The van der Waals surface area contributed by atoms with Crippen LogP contribution in [0.5, 0.6) is 0 Å². The van der Waals surface area contributed by atoms with Gasteiger partial charge in [0.05, 0.1) is 12.7 Å². The van der Waals surface area contributed by atoms with Crippen LogP contribution in [-0.4, -0.2) is 17.8 Å². The molecule has 1 N–H and O–H groups in total. The fourth-order valence-electron chi connectivity index (χ4n) is 1.98. The van der Waals surface area contributed by atoms with E-state index < -0.39 is 0 Å². The van der Waals surface area contributed by atoms with Crippen LogP contribution < -0.4 is 0 Å². The van der Waals surface area contributed by atoms with Gasteiger partial charge in [0.1, 0.15) is 0 Å². The monoisotopic (exact) mass is 206 g/mol. The Morgan fingerprint density at radius 2 is 2.20 bits per heavy atom. The average molecular weight is 206 g/mol. The van der Waals surface area contributed by atoms with Crippen molar-refractivity contribution >= 4 is 0 Å². The summed E-state index contributed by atoms with van der Waals surface area (Å²) in [4.78, 5) is 0. The first-order valence-corrected chi connectivity index (χ1v) is 5.56. The summed E-state index contributed by atoms with van der Waals surface area (Å²) in [6, 6.07) is 8.40. The van der Waals surface area contributed by atoms with Crippen molar-refractivity contribution < 1.29 is 9.84 Å². The van der Waals surface area contributed by atoms with E-state index in [0.717, 1.165) is 12.8 Å². The second kappa shape index (κ2) is 4.77. The van der Waals surface area contributed by atoms with E-state index in [2.05, 4.69) is 31.2 Å². The predicted octanol–water partition coefficient (Wildman–Crippen LogP) is 2.28. The molecule has 0 bridgehead atoms. The second-order valence-corrected chi connectivity index (χ2v) is 4.44. The molecule has 0 amide bonds. The van der Waals surface area contributed by atoms with Crippen molar-refractivity contribution in [3.05, 3.63) is 35.4 Å². The number of aliphatic hydroxyl groups is 1. The largest absolute Gasteiger partial charge is 0.396 e. The van der Waals surface area contributed by atoms with Gasteiger partial charge in [-0.2, -0.15) is 0 Å². The maximum atomic E-state index is 8.87. The van der Waals surface area contributed by atoms with Gasteiger partial charge in [0, 0.05) is 6.61 Å². The standard InChI is InChI=1S/C13H18O2/c1-10-3-2-4-11(5-10)9-15-13-6-12(7-13)8-14/h2-5,12-14H,6-9H2,1H3. The molecule has 1 aliphatic rings. The maximum Gasteiger partial charge on any atom is 0.0720 e. The third-order valence-electron chi connectivity index (χ3n) is 3.02. The Balaban J connectivity index is 1.75. The van der Waals surface area contributed by atoms with E-state index in [1.165, 1.54) is 11.1 Å². The predicted molar refractivity (Wildman–Crippen MR) is 59.6 cm³/mol. The van der Waals surface area contributed by atoms with Gasteiger partial charge in [-0.3, -0.25) is 0 Å². The van der Waals surface area contributed by atoms with Crippen LogP contribution in [0.1, 0.15) is 24.0 Å². The highest BCUT2D eigenvalue weighted by atomic mass is 16.5. The van der Waals surface area contributed by atoms with Crippen LogP contribution >= 0.6 is 0 Å². The molecule has 1 aromatic carbocycles. The van der Waals surface area contributed by atoms with Gasteiger partial charge in [0.15, 0.2) is 0 Å². The van der Waals surface area contributed by atoms with Gasteiger partial charge < -0.3 is 9.84 Å². The minimum absolute atomic E-state index is 0.310. The molecule has 0 unspecified atom stereocenters. The molecule has 1 aromatic rings. The number of benzene rings is 1. The van der Waals surface area contributed by atoms with Crippen LogP contribution in [0.2, 0.25) is 0 Å². The molecule has 2 nitrogen and oxygen atoms in total. The van der Waals surface area contributed by atoms with E-state index in [0.29, 0.717) is 25.2 Å². The Morgan fingerprint density at radius 3 is 2.87 bits per heavy atom. The third kappa shape index (κ3) is 2.80. The summed E-state index contributed by atoms with van der Waals surface area (Å²) in [5, 5.41) is 8.87. The summed E-state index contributed by atoms with van der Waals surface area (Å²) < 4.78 is 5.74. The quantitative estimate of drug-likeness (QED) is 0.819. The number of aliphatic hydroxyl groups excluding tert-OH is 1. The van der Waals surface area contributed by atoms with Crippen LogP contribution in [0.15, 0.2) is 24.3 Å². The topological polar surface area (TPSA) is 29.5 Å². The third-order valence-corrected chi connectivity index (χ3v) is 3.02. The van der Waals surface area contributed by atoms with Crippen LogP contribution in [0.3, 0.4) is 0 Å². The summed E-state index contributed by atoms with van der Waals surface area (Å²) in [5.41, 5.74) is 2.51. The van der Waals surface area contributed by atoms with Crippen molar-refractivity contribution in [3.63, 3.8) is 0 Å². The van der Waals surface area contributed by atoms with E-state index in [9.17, 15) is 0 Å². The molecule has 15 heavy (non-hydrogen) atoms. The summed E-state index contributed by atoms with van der Waals surface area (Å²) in [7, 11) is 0. The summed E-state index contributed by atoms with van der Waals surface area (Å²) in [5.74, 6) is 0.479. The minimum atomic E-state index is 0.310. The molecule has 0 aromatic heterocycles. The van der Waals surface area contributed by atoms with E-state index in [-0.39, 0.29) is 0 Å². The summed E-state index contributed by atoms with van der Waals surface area (Å²) in [6.07, 6.45) is 2.40. The van der Waals surface area contributed by atoms with Crippen LogP contribution in [0.4, 0.5) is 0 Å². The van der Waals surface area contributed by atoms with Crippen LogP contribution in [-0.2, 0) is 11.3 Å². The minimum Gasteiger partial charge on any atom is -0.396 e. The molecular formula is C13H18O2. The Morgan fingerprint density at radius 1 is 1.40 bits per heavy atom. The van der Waals surface area contributed by atoms with Gasteiger partial charge in [0.2, 0.25) is 0 Å². The molecule has 0 saturated heterocycles. The molecule has 82 valence electrons. The molecule has 1 saturated carbocycles. The zero-order chi connectivity index (χ0) is 10.7. The molecule has 0 atom stereocenters. The number of rotatable bonds is 4. The fraction of sp³-hybridized carbons (Fsp3) is 0.538. The molecule has 1 fully saturated rings. The molecule has 1 aliphatic carbocycles. The number of hydrogen-bond donors (Lipinski definition) is 1. The van der Waals surface area contributed by atoms with Crippen molar-refractivity contribution in [1.29, 1.82) is 0 Å². The van der Waals surface area contributed by atoms with Gasteiger partial charge in [-0.25, -0.2) is 0 Å². The highest BCUT2D eigenvalue weighted by molar-refractivity contribution is 5.21. The molecular weight excluding hydrogens is 188 g/mol. The van der Waals surface area contributed by atoms with Crippen molar-refractivity contribution in [1.82, 2.24) is 0 Å². The van der Waals surface area contributed by atoms with Crippen molar-refractivity contribution in [2.75, 3.05) is 6.61 Å². The van der Waals surface area contributed by atoms with E-state index in [4.69, 9.17) is 9.84 Å². The molecule has 2 heteroatoms. The van der Waals surface area contributed by atoms with E-state index in [1.807, 2.05) is 0 Å². The van der Waals surface area contributed by atoms with Gasteiger partial charge in [-0.15, -0.1) is 0 Å². The number of aryl methyl sites for hydroxylation is 1. The second-order valence-electron chi connectivity index (χ2n) is 4.44. The fourth-order valence-corrected chi connectivity index (χ4v) is 1.98. The van der Waals surface area contributed by atoms with E-state index in [1.54, 1.807) is 0 Å². The first-order chi connectivity index (χ1) is 7.28. The summed E-state index contributed by atoms with van der Waals surface area (Å²) in [6.45, 7) is 3.10. The lowest BCUT2D eigenvalue weighted by atomic mass is 9.83. The van der Waals surface area contributed by atoms with E-state index >= 15 is 0 Å². The van der Waals surface area contributed by atoms with Crippen molar-refractivity contribution in [3.8, 4) is 0 Å². The van der Waals surface area contributed by atoms with Crippen LogP contribution in [0.25, 0.3) is 0 Å².